The van der Waals surface area contributed by atoms with Gasteiger partial charge >= 0.3 is 12.5 Å². The number of aryl methyl sites for hydroxylation is 1. The Morgan fingerprint density at radius 2 is 1.89 bits per heavy atom. The molecule has 1 heterocycles. The zero-order valence-electron chi connectivity index (χ0n) is 16.2. The summed E-state index contributed by atoms with van der Waals surface area (Å²) in [7, 11) is 0. The summed E-state index contributed by atoms with van der Waals surface area (Å²) in [5.74, 6) is 0.0481. The van der Waals surface area contributed by atoms with Crippen molar-refractivity contribution >= 4 is 6.09 Å². The topological polar surface area (TPSA) is 38.8 Å². The third-order valence-electron chi connectivity index (χ3n) is 5.32. The number of likely N-dealkylation sites (tertiary alicyclic amines) is 1. The highest BCUT2D eigenvalue weighted by molar-refractivity contribution is 5.69. The molecule has 2 fully saturated rings. The molecule has 7 heteroatoms. The van der Waals surface area contributed by atoms with Crippen LogP contribution in [0, 0.1) is 12.3 Å². The molecule has 1 amide bonds. The van der Waals surface area contributed by atoms with Crippen molar-refractivity contribution in [1.29, 1.82) is 0 Å². The van der Waals surface area contributed by atoms with Crippen molar-refractivity contribution in [2.75, 3.05) is 13.1 Å². The molecule has 1 aliphatic heterocycles. The second-order valence-electron chi connectivity index (χ2n) is 8.85. The van der Waals surface area contributed by atoms with Crippen molar-refractivity contribution in [3.05, 3.63) is 29.3 Å². The average molecular weight is 385 g/mol. The smallest absolute Gasteiger partial charge is 0.444 e. The Hall–Kier alpha value is -1.92. The second-order valence-corrected chi connectivity index (χ2v) is 8.85. The maximum atomic E-state index is 12.6. The van der Waals surface area contributed by atoms with Gasteiger partial charge in [-0.05, 0) is 70.1 Å². The van der Waals surface area contributed by atoms with Crippen molar-refractivity contribution in [3.63, 3.8) is 0 Å². The highest BCUT2D eigenvalue weighted by atomic mass is 19.4. The molecular weight excluding hydrogens is 359 g/mol. The fraction of sp³-hybridized carbons (Fsp3) is 0.650. The molecule has 1 spiro atoms. The Kier molecular flexibility index (Phi) is 4.85. The minimum atomic E-state index is -4.69. The van der Waals surface area contributed by atoms with Gasteiger partial charge < -0.3 is 14.4 Å². The van der Waals surface area contributed by atoms with Gasteiger partial charge in [0.15, 0.2) is 0 Å². The molecular formula is C20H26F3NO3. The van der Waals surface area contributed by atoms with E-state index < -0.39 is 12.0 Å². The van der Waals surface area contributed by atoms with Crippen LogP contribution in [-0.2, 0) is 4.74 Å². The SMILES string of the molecule is Cc1ccc([C@@H]2CCC3(C2)CN(C(=O)OC(C)(C)C)C3)cc1OC(F)(F)F. The van der Waals surface area contributed by atoms with Crippen molar-refractivity contribution in [1.82, 2.24) is 4.90 Å². The van der Waals surface area contributed by atoms with Gasteiger partial charge in [-0.25, -0.2) is 4.79 Å². The Morgan fingerprint density at radius 1 is 1.22 bits per heavy atom. The van der Waals surface area contributed by atoms with Crippen molar-refractivity contribution in [3.8, 4) is 5.75 Å². The molecule has 0 N–H and O–H groups in total. The monoisotopic (exact) mass is 385 g/mol. The normalized spacial score (nSPS) is 21.9. The molecule has 1 aromatic carbocycles. The van der Waals surface area contributed by atoms with Crippen LogP contribution in [0.3, 0.4) is 0 Å². The highest BCUT2D eigenvalue weighted by Crippen LogP contribution is 2.52. The summed E-state index contributed by atoms with van der Waals surface area (Å²) >= 11 is 0. The lowest BCUT2D eigenvalue weighted by Gasteiger charge is -2.48. The molecule has 2 aliphatic rings. The Balaban J connectivity index is 1.62. The lowest BCUT2D eigenvalue weighted by Crippen LogP contribution is -2.58. The maximum absolute atomic E-state index is 12.6. The summed E-state index contributed by atoms with van der Waals surface area (Å²) in [6, 6.07) is 5.07. The number of halogens is 3. The number of rotatable bonds is 2. The summed E-state index contributed by atoms with van der Waals surface area (Å²) in [5, 5.41) is 0. The first kappa shape index (κ1) is 19.8. The number of benzene rings is 1. The van der Waals surface area contributed by atoms with Crippen LogP contribution in [0.2, 0.25) is 0 Å². The van der Waals surface area contributed by atoms with E-state index >= 15 is 0 Å². The summed E-state index contributed by atoms with van der Waals surface area (Å²) in [6.07, 6.45) is -2.27. The number of hydrogen-bond acceptors (Lipinski definition) is 3. The second kappa shape index (κ2) is 6.60. The first-order chi connectivity index (χ1) is 12.4. The van der Waals surface area contributed by atoms with Crippen LogP contribution < -0.4 is 4.74 Å². The maximum Gasteiger partial charge on any atom is 0.573 e. The summed E-state index contributed by atoms with van der Waals surface area (Å²) < 4.78 is 47.3. The first-order valence-corrected chi connectivity index (χ1v) is 9.20. The highest BCUT2D eigenvalue weighted by Gasteiger charge is 2.50. The first-order valence-electron chi connectivity index (χ1n) is 9.20. The van der Waals surface area contributed by atoms with Gasteiger partial charge in [0.25, 0.3) is 0 Å². The van der Waals surface area contributed by atoms with Crippen LogP contribution in [0.5, 0.6) is 5.75 Å². The van der Waals surface area contributed by atoms with E-state index in [4.69, 9.17) is 4.74 Å². The number of nitrogens with zero attached hydrogens (tertiary/aromatic N) is 1. The van der Waals surface area contributed by atoms with Gasteiger partial charge in [0.2, 0.25) is 0 Å². The van der Waals surface area contributed by atoms with Crippen LogP contribution in [0.4, 0.5) is 18.0 Å². The largest absolute Gasteiger partial charge is 0.573 e. The minimum Gasteiger partial charge on any atom is -0.444 e. The molecule has 0 unspecified atom stereocenters. The van der Waals surface area contributed by atoms with Crippen LogP contribution in [-0.4, -0.2) is 36.0 Å². The van der Waals surface area contributed by atoms with E-state index in [1.165, 1.54) is 6.07 Å². The van der Waals surface area contributed by atoms with Crippen molar-refractivity contribution < 1.29 is 27.4 Å². The zero-order chi connectivity index (χ0) is 20.0. The molecule has 1 atom stereocenters. The standard InChI is InChI=1S/C20H26F3NO3/c1-13-5-6-14(9-16(13)26-20(21,22)23)15-7-8-19(10-15)11-24(12-19)17(25)27-18(2,3)4/h5-6,9,15H,7-8,10-12H2,1-4H3/t15-/m1/s1. The Bertz CT molecular complexity index is 718. The molecule has 1 aliphatic carbocycles. The third kappa shape index (κ3) is 4.68. The molecule has 4 nitrogen and oxygen atoms in total. The van der Waals surface area contributed by atoms with Gasteiger partial charge in [-0.1, -0.05) is 12.1 Å². The van der Waals surface area contributed by atoms with Gasteiger partial charge in [-0.2, -0.15) is 0 Å². The van der Waals surface area contributed by atoms with E-state index in [9.17, 15) is 18.0 Å². The van der Waals surface area contributed by atoms with E-state index in [1.54, 1.807) is 17.9 Å². The van der Waals surface area contributed by atoms with E-state index in [-0.39, 0.29) is 23.2 Å². The predicted molar refractivity (Wildman–Crippen MR) is 94.7 cm³/mol. The van der Waals surface area contributed by atoms with E-state index in [2.05, 4.69) is 4.74 Å². The van der Waals surface area contributed by atoms with Gasteiger partial charge in [0.05, 0.1) is 0 Å². The zero-order valence-corrected chi connectivity index (χ0v) is 16.2. The molecule has 1 saturated heterocycles. The molecule has 1 saturated carbocycles. The predicted octanol–water partition coefficient (Wildman–Crippen LogP) is 5.40. The summed E-state index contributed by atoms with van der Waals surface area (Å²) in [6.45, 7) is 8.41. The van der Waals surface area contributed by atoms with E-state index in [1.807, 2.05) is 26.8 Å². The fourth-order valence-electron chi connectivity index (χ4n) is 4.10. The average Bonchev–Trinajstić information content (AvgIpc) is 2.90. The molecule has 27 heavy (non-hydrogen) atoms. The van der Waals surface area contributed by atoms with Crippen LogP contribution in [0.1, 0.15) is 57.1 Å². The molecule has 1 aromatic rings. The minimum absolute atomic E-state index is 0.0531. The molecule has 0 radical (unpaired) electrons. The fourth-order valence-corrected chi connectivity index (χ4v) is 4.10. The quantitative estimate of drug-likeness (QED) is 0.684. The van der Waals surface area contributed by atoms with Crippen molar-refractivity contribution in [2.45, 2.75) is 64.8 Å². The van der Waals surface area contributed by atoms with Gasteiger partial charge in [-0.15, -0.1) is 13.2 Å². The number of ether oxygens (including phenoxy) is 2. The number of carbonyl (C=O) groups excluding carboxylic acids is 1. The number of hydrogen-bond donors (Lipinski definition) is 0. The number of carbonyl (C=O) groups is 1. The lowest BCUT2D eigenvalue weighted by molar-refractivity contribution is -0.274. The van der Waals surface area contributed by atoms with Crippen LogP contribution >= 0.6 is 0 Å². The Morgan fingerprint density at radius 3 is 2.48 bits per heavy atom. The third-order valence-corrected chi connectivity index (χ3v) is 5.32. The molecule has 3 rings (SSSR count). The van der Waals surface area contributed by atoms with Crippen LogP contribution in [0.25, 0.3) is 0 Å². The number of alkyl halides is 3. The van der Waals surface area contributed by atoms with E-state index in [0.717, 1.165) is 24.8 Å². The Labute approximate surface area is 157 Å². The molecule has 0 aromatic heterocycles. The van der Waals surface area contributed by atoms with Gasteiger partial charge in [-0.3, -0.25) is 0 Å². The summed E-state index contributed by atoms with van der Waals surface area (Å²) in [4.78, 5) is 13.8. The van der Waals surface area contributed by atoms with Crippen LogP contribution in [0.15, 0.2) is 18.2 Å². The van der Waals surface area contributed by atoms with Gasteiger partial charge in [0, 0.05) is 18.5 Å². The lowest BCUT2D eigenvalue weighted by atomic mass is 9.77. The van der Waals surface area contributed by atoms with Gasteiger partial charge in [0.1, 0.15) is 11.4 Å². The van der Waals surface area contributed by atoms with Crippen molar-refractivity contribution in [2.24, 2.45) is 5.41 Å². The molecule has 0 bridgehead atoms. The number of amides is 1. The molecule has 150 valence electrons. The summed E-state index contributed by atoms with van der Waals surface area (Å²) in [5.41, 5.74) is 0.864. The van der Waals surface area contributed by atoms with E-state index in [0.29, 0.717) is 18.7 Å².